The van der Waals surface area contributed by atoms with E-state index in [9.17, 15) is 9.18 Å². The van der Waals surface area contributed by atoms with Crippen LogP contribution in [-0.4, -0.2) is 31.9 Å². The summed E-state index contributed by atoms with van der Waals surface area (Å²) >= 11 is 1.26. The monoisotopic (exact) mass is 371 g/mol. The SMILES string of the molecule is Cc1ccc(-n2nnnc2SCC(=O)NCc2ccc(F)cc2)cc1C. The van der Waals surface area contributed by atoms with E-state index in [1.54, 1.807) is 16.8 Å². The Labute approximate surface area is 154 Å². The molecule has 0 radical (unpaired) electrons. The molecule has 0 unspecified atom stereocenters. The third-order valence-electron chi connectivity index (χ3n) is 3.91. The lowest BCUT2D eigenvalue weighted by Crippen LogP contribution is -2.24. The number of aromatic nitrogens is 4. The van der Waals surface area contributed by atoms with E-state index >= 15 is 0 Å². The Morgan fingerprint density at radius 1 is 1.15 bits per heavy atom. The van der Waals surface area contributed by atoms with E-state index in [2.05, 4.69) is 20.8 Å². The van der Waals surface area contributed by atoms with E-state index in [4.69, 9.17) is 0 Å². The van der Waals surface area contributed by atoms with Gasteiger partial charge in [-0.1, -0.05) is 30.0 Å². The smallest absolute Gasteiger partial charge is 0.230 e. The van der Waals surface area contributed by atoms with Crippen LogP contribution in [-0.2, 0) is 11.3 Å². The predicted molar refractivity (Wildman–Crippen MR) is 97.6 cm³/mol. The minimum absolute atomic E-state index is 0.144. The normalized spacial score (nSPS) is 10.7. The molecule has 2 aromatic carbocycles. The number of carbonyl (C=O) groups is 1. The van der Waals surface area contributed by atoms with Crippen molar-refractivity contribution in [3.8, 4) is 5.69 Å². The van der Waals surface area contributed by atoms with Crippen LogP contribution in [0.1, 0.15) is 16.7 Å². The van der Waals surface area contributed by atoms with Crippen molar-refractivity contribution in [2.45, 2.75) is 25.5 Å². The van der Waals surface area contributed by atoms with Gasteiger partial charge in [0.2, 0.25) is 11.1 Å². The number of amides is 1. The molecule has 0 atom stereocenters. The Morgan fingerprint density at radius 3 is 2.65 bits per heavy atom. The van der Waals surface area contributed by atoms with Crippen LogP contribution in [0.5, 0.6) is 0 Å². The first-order valence-corrected chi connectivity index (χ1v) is 9.01. The fraction of sp³-hybridized carbons (Fsp3) is 0.222. The lowest BCUT2D eigenvalue weighted by Gasteiger charge is -2.07. The van der Waals surface area contributed by atoms with Gasteiger partial charge in [0, 0.05) is 6.54 Å². The highest BCUT2D eigenvalue weighted by Gasteiger charge is 2.12. The van der Waals surface area contributed by atoms with Crippen LogP contribution in [0.15, 0.2) is 47.6 Å². The summed E-state index contributed by atoms with van der Waals surface area (Å²) in [6.45, 7) is 4.42. The molecule has 0 aliphatic rings. The lowest BCUT2D eigenvalue weighted by molar-refractivity contribution is -0.118. The molecule has 0 aliphatic heterocycles. The quantitative estimate of drug-likeness (QED) is 0.675. The topological polar surface area (TPSA) is 72.7 Å². The van der Waals surface area contributed by atoms with Gasteiger partial charge >= 0.3 is 0 Å². The third-order valence-corrected chi connectivity index (χ3v) is 4.83. The van der Waals surface area contributed by atoms with Crippen LogP contribution >= 0.6 is 11.8 Å². The van der Waals surface area contributed by atoms with E-state index in [0.29, 0.717) is 11.7 Å². The molecule has 0 spiro atoms. The number of aryl methyl sites for hydroxylation is 2. The number of carbonyl (C=O) groups excluding carboxylic acids is 1. The second-order valence-corrected chi connectivity index (χ2v) is 6.78. The van der Waals surface area contributed by atoms with Crippen LogP contribution in [0, 0.1) is 19.7 Å². The van der Waals surface area contributed by atoms with Crippen molar-refractivity contribution >= 4 is 17.7 Å². The van der Waals surface area contributed by atoms with Crippen molar-refractivity contribution in [3.63, 3.8) is 0 Å². The van der Waals surface area contributed by atoms with Gasteiger partial charge in [0.25, 0.3) is 0 Å². The fourth-order valence-corrected chi connectivity index (χ4v) is 2.99. The molecule has 0 saturated heterocycles. The third kappa shape index (κ3) is 4.45. The van der Waals surface area contributed by atoms with Crippen molar-refractivity contribution in [1.82, 2.24) is 25.5 Å². The maximum absolute atomic E-state index is 12.9. The standard InChI is InChI=1S/C18H18FN5OS/c1-12-3-8-16(9-13(12)2)24-18(21-22-23-24)26-11-17(25)20-10-14-4-6-15(19)7-5-14/h3-9H,10-11H2,1-2H3,(H,20,25). The second kappa shape index (κ2) is 8.09. The van der Waals surface area contributed by atoms with Crippen molar-refractivity contribution in [3.05, 3.63) is 65.0 Å². The van der Waals surface area contributed by atoms with Gasteiger partial charge in [-0.15, -0.1) is 5.10 Å². The average molecular weight is 371 g/mol. The number of nitrogens with zero attached hydrogens (tertiary/aromatic N) is 4. The van der Waals surface area contributed by atoms with Crippen molar-refractivity contribution in [1.29, 1.82) is 0 Å². The van der Waals surface area contributed by atoms with Gasteiger partial charge in [0.1, 0.15) is 5.82 Å². The number of hydrogen-bond donors (Lipinski definition) is 1. The summed E-state index contributed by atoms with van der Waals surface area (Å²) in [5.41, 5.74) is 4.03. The number of benzene rings is 2. The Balaban J connectivity index is 1.58. The zero-order chi connectivity index (χ0) is 18.5. The highest BCUT2D eigenvalue weighted by molar-refractivity contribution is 7.99. The van der Waals surface area contributed by atoms with E-state index in [1.165, 1.54) is 29.5 Å². The van der Waals surface area contributed by atoms with Gasteiger partial charge in [-0.05, 0) is 65.2 Å². The number of thioether (sulfide) groups is 1. The van der Waals surface area contributed by atoms with Gasteiger partial charge in [-0.25, -0.2) is 4.39 Å². The van der Waals surface area contributed by atoms with Crippen LogP contribution < -0.4 is 5.32 Å². The van der Waals surface area contributed by atoms with Gasteiger partial charge < -0.3 is 5.32 Å². The van der Waals surface area contributed by atoms with Crippen LogP contribution in [0.4, 0.5) is 4.39 Å². The van der Waals surface area contributed by atoms with E-state index < -0.39 is 0 Å². The summed E-state index contributed by atoms with van der Waals surface area (Å²) in [5.74, 6) is -0.255. The molecule has 26 heavy (non-hydrogen) atoms. The van der Waals surface area contributed by atoms with E-state index in [1.807, 2.05) is 32.0 Å². The summed E-state index contributed by atoms with van der Waals surface area (Å²) in [4.78, 5) is 12.0. The minimum Gasteiger partial charge on any atom is -0.351 e. The molecule has 1 N–H and O–H groups in total. The largest absolute Gasteiger partial charge is 0.351 e. The number of halogens is 1. The maximum Gasteiger partial charge on any atom is 0.230 e. The van der Waals surface area contributed by atoms with Crippen LogP contribution in [0.25, 0.3) is 5.69 Å². The number of hydrogen-bond acceptors (Lipinski definition) is 5. The minimum atomic E-state index is -0.297. The average Bonchev–Trinajstić information content (AvgIpc) is 3.10. The summed E-state index contributed by atoms with van der Waals surface area (Å²) in [7, 11) is 0. The lowest BCUT2D eigenvalue weighted by atomic mass is 10.1. The molecule has 134 valence electrons. The Hall–Kier alpha value is -2.74. The van der Waals surface area contributed by atoms with Crippen molar-refractivity contribution < 1.29 is 9.18 Å². The molecule has 0 saturated carbocycles. The van der Waals surface area contributed by atoms with E-state index in [-0.39, 0.29) is 17.5 Å². The maximum atomic E-state index is 12.9. The molecular weight excluding hydrogens is 353 g/mol. The van der Waals surface area contributed by atoms with Gasteiger partial charge in [0.05, 0.1) is 11.4 Å². The molecule has 1 amide bonds. The molecule has 0 bridgehead atoms. The fourth-order valence-electron chi connectivity index (χ4n) is 2.27. The summed E-state index contributed by atoms with van der Waals surface area (Å²) in [6.07, 6.45) is 0. The molecule has 1 aromatic heterocycles. The predicted octanol–water partition coefficient (Wildman–Crippen LogP) is 2.83. The van der Waals surface area contributed by atoms with Crippen LogP contribution in [0.3, 0.4) is 0 Å². The zero-order valence-corrected chi connectivity index (χ0v) is 15.3. The molecule has 3 aromatic rings. The first-order valence-electron chi connectivity index (χ1n) is 8.03. The van der Waals surface area contributed by atoms with E-state index in [0.717, 1.165) is 16.8 Å². The molecule has 6 nitrogen and oxygen atoms in total. The summed E-state index contributed by atoms with van der Waals surface area (Å²) in [5, 5.41) is 15.0. The highest BCUT2D eigenvalue weighted by Crippen LogP contribution is 2.20. The molecule has 3 rings (SSSR count). The Bertz CT molecular complexity index is 910. The van der Waals surface area contributed by atoms with Crippen LogP contribution in [0.2, 0.25) is 0 Å². The van der Waals surface area contributed by atoms with Gasteiger partial charge in [-0.2, -0.15) is 4.68 Å². The van der Waals surface area contributed by atoms with Crippen molar-refractivity contribution in [2.75, 3.05) is 5.75 Å². The summed E-state index contributed by atoms with van der Waals surface area (Å²) < 4.78 is 14.5. The number of tetrazole rings is 1. The summed E-state index contributed by atoms with van der Waals surface area (Å²) in [6, 6.07) is 12.0. The van der Waals surface area contributed by atoms with Gasteiger partial charge in [0.15, 0.2) is 0 Å². The zero-order valence-electron chi connectivity index (χ0n) is 14.4. The molecule has 0 fully saturated rings. The van der Waals surface area contributed by atoms with Crippen molar-refractivity contribution in [2.24, 2.45) is 0 Å². The van der Waals surface area contributed by atoms with Gasteiger partial charge in [-0.3, -0.25) is 4.79 Å². The molecular formula is C18H18FN5OS. The molecule has 1 heterocycles. The number of nitrogens with one attached hydrogen (secondary N) is 1. The molecule has 0 aliphatic carbocycles. The number of rotatable bonds is 6. The first-order chi connectivity index (χ1) is 12.5. The Kier molecular flexibility index (Phi) is 5.62. The highest BCUT2D eigenvalue weighted by atomic mass is 32.2. The Morgan fingerprint density at radius 2 is 1.92 bits per heavy atom. The second-order valence-electron chi connectivity index (χ2n) is 5.83. The first kappa shape index (κ1) is 18.1. The molecule has 8 heteroatoms.